The van der Waals surface area contributed by atoms with Gasteiger partial charge in [0.2, 0.25) is 0 Å². The predicted octanol–water partition coefficient (Wildman–Crippen LogP) is 4.44. The summed E-state index contributed by atoms with van der Waals surface area (Å²) in [6, 6.07) is 0. The quantitative estimate of drug-likeness (QED) is 0.602. The maximum absolute atomic E-state index is 13.1. The van der Waals surface area contributed by atoms with Gasteiger partial charge in [-0.15, -0.1) is 0 Å². The highest BCUT2D eigenvalue weighted by molar-refractivity contribution is 5.61. The normalized spacial score (nSPS) is 21.5. The molecule has 0 bridgehead atoms. The van der Waals surface area contributed by atoms with Crippen LogP contribution >= 0.6 is 0 Å². The molecule has 1 aliphatic rings. The van der Waals surface area contributed by atoms with E-state index in [1.807, 2.05) is 19.9 Å². The number of hydrogen-bond donors (Lipinski definition) is 1. The standard InChI is InChI=1S/C18H23FN2/c1-4-16(8-10-17(19)5-2)9-11-18-13-15(3)7-6-12-20-14-21-18/h7-8,10,13-14H,4-6,12H2,1-3H3,(H,20,21)/b15-7+,16-8+,17-10+,18-13-. The van der Waals surface area contributed by atoms with E-state index in [4.69, 9.17) is 0 Å². The second-order valence-corrected chi connectivity index (χ2v) is 4.74. The smallest absolute Gasteiger partial charge is 0.0997 e. The van der Waals surface area contributed by atoms with Crippen molar-refractivity contribution in [1.82, 2.24) is 5.32 Å². The van der Waals surface area contributed by atoms with E-state index >= 15 is 0 Å². The zero-order valence-electron chi connectivity index (χ0n) is 13.0. The van der Waals surface area contributed by atoms with Gasteiger partial charge < -0.3 is 5.32 Å². The van der Waals surface area contributed by atoms with Crippen molar-refractivity contribution in [3.8, 4) is 11.8 Å². The molecule has 112 valence electrons. The number of halogens is 1. The van der Waals surface area contributed by atoms with Gasteiger partial charge in [-0.25, -0.2) is 4.39 Å². The Balaban J connectivity index is 2.93. The Morgan fingerprint density at radius 2 is 2.19 bits per heavy atom. The lowest BCUT2D eigenvalue weighted by Crippen LogP contribution is -2.09. The van der Waals surface area contributed by atoms with E-state index in [1.54, 1.807) is 19.3 Å². The highest BCUT2D eigenvalue weighted by Crippen LogP contribution is 2.07. The van der Waals surface area contributed by atoms with E-state index < -0.39 is 0 Å². The first kappa shape index (κ1) is 17.0. The van der Waals surface area contributed by atoms with Crippen LogP contribution in [-0.2, 0) is 0 Å². The molecule has 1 heterocycles. The van der Waals surface area contributed by atoms with Gasteiger partial charge in [0.1, 0.15) is 0 Å². The number of aliphatic imine (C=N–C) groups is 1. The fraction of sp³-hybridized carbons (Fsp3) is 0.389. The molecule has 21 heavy (non-hydrogen) atoms. The first-order valence-electron chi connectivity index (χ1n) is 7.36. The van der Waals surface area contributed by atoms with Crippen LogP contribution in [0.1, 0.15) is 40.0 Å². The monoisotopic (exact) mass is 286 g/mol. The molecule has 0 aromatic carbocycles. The van der Waals surface area contributed by atoms with Crippen LogP contribution in [0.2, 0.25) is 0 Å². The molecular weight excluding hydrogens is 263 g/mol. The third-order valence-electron chi connectivity index (χ3n) is 2.95. The van der Waals surface area contributed by atoms with E-state index in [9.17, 15) is 4.39 Å². The van der Waals surface area contributed by atoms with E-state index in [-0.39, 0.29) is 5.83 Å². The Morgan fingerprint density at radius 1 is 1.38 bits per heavy atom. The van der Waals surface area contributed by atoms with E-state index in [0.29, 0.717) is 6.42 Å². The van der Waals surface area contributed by atoms with Crippen LogP contribution in [0.15, 0.2) is 52.0 Å². The summed E-state index contributed by atoms with van der Waals surface area (Å²) in [4.78, 5) is 4.23. The van der Waals surface area contributed by atoms with Crippen LogP contribution in [0.4, 0.5) is 4.39 Å². The van der Waals surface area contributed by atoms with Crippen LogP contribution in [0, 0.1) is 11.8 Å². The molecule has 0 atom stereocenters. The van der Waals surface area contributed by atoms with Crippen LogP contribution in [-0.4, -0.2) is 12.9 Å². The minimum absolute atomic E-state index is 0.131. The zero-order valence-corrected chi connectivity index (χ0v) is 13.0. The lowest BCUT2D eigenvalue weighted by atomic mass is 10.1. The molecule has 3 heteroatoms. The second-order valence-electron chi connectivity index (χ2n) is 4.74. The van der Waals surface area contributed by atoms with Crippen molar-refractivity contribution in [3.05, 3.63) is 47.0 Å². The summed E-state index contributed by atoms with van der Waals surface area (Å²) in [6.45, 7) is 6.62. The fourth-order valence-electron chi connectivity index (χ4n) is 1.65. The zero-order chi connectivity index (χ0) is 15.5. The topological polar surface area (TPSA) is 24.4 Å². The van der Waals surface area contributed by atoms with Gasteiger partial charge in [-0.05, 0) is 50.3 Å². The Labute approximate surface area is 127 Å². The molecule has 0 fully saturated rings. The number of nitrogens with one attached hydrogen (secondary N) is 1. The molecule has 0 aromatic rings. The summed E-state index contributed by atoms with van der Waals surface area (Å²) in [5.41, 5.74) is 2.87. The van der Waals surface area contributed by atoms with Gasteiger partial charge in [-0.1, -0.05) is 31.4 Å². The maximum Gasteiger partial charge on any atom is 0.0997 e. The first-order valence-corrected chi connectivity index (χ1v) is 7.36. The number of nitrogens with zero attached hydrogens (tertiary/aromatic N) is 1. The molecule has 1 aliphatic heterocycles. The third-order valence-corrected chi connectivity index (χ3v) is 2.95. The van der Waals surface area contributed by atoms with Gasteiger partial charge in [-0.2, -0.15) is 0 Å². The lowest BCUT2D eigenvalue weighted by Gasteiger charge is -1.98. The summed E-state index contributed by atoms with van der Waals surface area (Å²) >= 11 is 0. The summed E-state index contributed by atoms with van der Waals surface area (Å²) in [7, 11) is 0. The minimum Gasteiger partial charge on any atom is -0.340 e. The van der Waals surface area contributed by atoms with Crippen molar-refractivity contribution in [2.75, 3.05) is 6.54 Å². The molecule has 2 nitrogen and oxygen atoms in total. The van der Waals surface area contributed by atoms with E-state index in [1.165, 1.54) is 6.08 Å². The van der Waals surface area contributed by atoms with Crippen molar-refractivity contribution < 1.29 is 4.39 Å². The minimum atomic E-state index is -0.131. The SMILES string of the molecule is CC/C(F)=C\C=C(\C#C/C1=C/C(C)=C/CCN=CN1)CC. The molecule has 0 spiro atoms. The summed E-state index contributed by atoms with van der Waals surface area (Å²) in [6.07, 6.45) is 11.2. The Morgan fingerprint density at radius 3 is 2.90 bits per heavy atom. The highest BCUT2D eigenvalue weighted by Gasteiger charge is 1.95. The summed E-state index contributed by atoms with van der Waals surface area (Å²) < 4.78 is 13.1. The van der Waals surface area contributed by atoms with Crippen LogP contribution in [0.25, 0.3) is 0 Å². The molecule has 1 N–H and O–H groups in total. The van der Waals surface area contributed by atoms with Crippen molar-refractivity contribution in [1.29, 1.82) is 0 Å². The number of hydrogen-bond acceptors (Lipinski definition) is 2. The van der Waals surface area contributed by atoms with Gasteiger partial charge in [0, 0.05) is 12.1 Å². The Kier molecular flexibility index (Phi) is 7.89. The third kappa shape index (κ3) is 7.31. The maximum atomic E-state index is 13.1. The van der Waals surface area contributed by atoms with Crippen LogP contribution in [0.5, 0.6) is 0 Å². The van der Waals surface area contributed by atoms with Gasteiger partial charge in [0.05, 0.1) is 17.9 Å². The summed E-state index contributed by atoms with van der Waals surface area (Å²) in [5, 5.41) is 3.09. The fourth-order valence-corrected chi connectivity index (χ4v) is 1.65. The average Bonchev–Trinajstić information content (AvgIpc) is 2.59. The Hall–Kier alpha value is -2.08. The molecule has 1 rings (SSSR count). The highest BCUT2D eigenvalue weighted by atomic mass is 19.1. The molecule has 0 aliphatic carbocycles. The molecule has 0 saturated carbocycles. The largest absolute Gasteiger partial charge is 0.340 e. The van der Waals surface area contributed by atoms with Crippen molar-refractivity contribution in [3.63, 3.8) is 0 Å². The first-order chi connectivity index (χ1) is 10.2. The van der Waals surface area contributed by atoms with E-state index in [0.717, 1.165) is 36.2 Å². The molecule has 0 radical (unpaired) electrons. The molecule has 0 amide bonds. The number of rotatable bonds is 3. The van der Waals surface area contributed by atoms with Crippen LogP contribution < -0.4 is 5.32 Å². The second kappa shape index (κ2) is 9.77. The summed E-state index contributed by atoms with van der Waals surface area (Å²) in [5.74, 6) is 6.05. The van der Waals surface area contributed by atoms with Crippen molar-refractivity contribution in [2.45, 2.75) is 40.0 Å². The van der Waals surface area contributed by atoms with Gasteiger partial charge in [-0.3, -0.25) is 4.99 Å². The molecule has 0 aromatic heterocycles. The Bertz CT molecular complexity index is 552. The average molecular weight is 286 g/mol. The molecule has 0 unspecified atom stereocenters. The van der Waals surface area contributed by atoms with Crippen molar-refractivity contribution >= 4 is 6.34 Å². The van der Waals surface area contributed by atoms with Gasteiger partial charge >= 0.3 is 0 Å². The predicted molar refractivity (Wildman–Crippen MR) is 88.6 cm³/mol. The van der Waals surface area contributed by atoms with Crippen LogP contribution in [0.3, 0.4) is 0 Å². The molecule has 0 saturated heterocycles. The van der Waals surface area contributed by atoms with Gasteiger partial charge in [0.15, 0.2) is 0 Å². The molecular formula is C18H23FN2. The number of allylic oxidation sites excluding steroid dienone is 7. The lowest BCUT2D eigenvalue weighted by molar-refractivity contribution is 0.604. The van der Waals surface area contributed by atoms with Crippen molar-refractivity contribution in [2.24, 2.45) is 4.99 Å². The van der Waals surface area contributed by atoms with E-state index in [2.05, 4.69) is 28.2 Å². The van der Waals surface area contributed by atoms with Gasteiger partial charge in [0.25, 0.3) is 0 Å².